The molecule has 1 N–H and O–H groups in total. The molecule has 0 amide bonds. The maximum absolute atomic E-state index is 13.0. The number of benzene rings is 1. The summed E-state index contributed by atoms with van der Waals surface area (Å²) in [6, 6.07) is 3.57. The lowest BCUT2D eigenvalue weighted by molar-refractivity contribution is 0.528. The van der Waals surface area contributed by atoms with E-state index in [1.165, 1.54) is 12.1 Å². The second-order valence-corrected chi connectivity index (χ2v) is 4.04. The molecule has 0 aliphatic rings. The molecule has 0 heterocycles. The Labute approximate surface area is 95.2 Å². The highest BCUT2D eigenvalue weighted by atomic mass is 19.1. The van der Waals surface area contributed by atoms with E-state index in [-0.39, 0.29) is 6.04 Å². The quantitative estimate of drug-likeness (QED) is 0.755. The third-order valence-electron chi connectivity index (χ3n) is 2.50. The van der Waals surface area contributed by atoms with Gasteiger partial charge in [-0.25, -0.2) is 8.78 Å². The van der Waals surface area contributed by atoms with E-state index in [0.29, 0.717) is 5.56 Å². The topological polar surface area (TPSA) is 12.0 Å². The van der Waals surface area contributed by atoms with Gasteiger partial charge in [0.1, 0.15) is 11.6 Å². The van der Waals surface area contributed by atoms with E-state index in [2.05, 4.69) is 11.9 Å². The second kappa shape index (κ2) is 5.75. The van der Waals surface area contributed by atoms with Crippen LogP contribution in [0.25, 0.3) is 0 Å². The van der Waals surface area contributed by atoms with E-state index >= 15 is 0 Å². The number of allylic oxidation sites excluding steroid dienone is 1. The Morgan fingerprint density at radius 2 is 1.88 bits per heavy atom. The Bertz CT molecular complexity index is 354. The van der Waals surface area contributed by atoms with Gasteiger partial charge in [-0.3, -0.25) is 0 Å². The van der Waals surface area contributed by atoms with Crippen molar-refractivity contribution in [1.82, 2.24) is 5.32 Å². The zero-order chi connectivity index (χ0) is 12.1. The van der Waals surface area contributed by atoms with Crippen molar-refractivity contribution in [2.75, 3.05) is 7.05 Å². The molecule has 0 spiro atoms. The van der Waals surface area contributed by atoms with Gasteiger partial charge in [-0.15, -0.1) is 6.58 Å². The molecule has 0 aliphatic heterocycles. The molecule has 0 fully saturated rings. The van der Waals surface area contributed by atoms with Crippen LogP contribution in [0.15, 0.2) is 30.4 Å². The summed E-state index contributed by atoms with van der Waals surface area (Å²) in [4.78, 5) is 0. The highest BCUT2D eigenvalue weighted by Crippen LogP contribution is 2.21. The van der Waals surface area contributed by atoms with Crippen molar-refractivity contribution in [3.63, 3.8) is 0 Å². The van der Waals surface area contributed by atoms with E-state index in [4.69, 9.17) is 0 Å². The van der Waals surface area contributed by atoms with Crippen LogP contribution in [0.4, 0.5) is 8.78 Å². The highest BCUT2D eigenvalue weighted by Gasteiger charge is 2.11. The van der Waals surface area contributed by atoms with Crippen LogP contribution in [-0.4, -0.2) is 7.05 Å². The van der Waals surface area contributed by atoms with Crippen LogP contribution in [0.1, 0.15) is 31.4 Å². The van der Waals surface area contributed by atoms with Crippen molar-refractivity contribution < 1.29 is 8.78 Å². The molecule has 88 valence electrons. The molecule has 1 atom stereocenters. The summed E-state index contributed by atoms with van der Waals surface area (Å²) in [6.45, 7) is 5.76. The van der Waals surface area contributed by atoms with Crippen LogP contribution in [0.5, 0.6) is 0 Å². The normalized spacial score (nSPS) is 12.5. The molecule has 16 heavy (non-hydrogen) atoms. The van der Waals surface area contributed by atoms with Crippen molar-refractivity contribution >= 4 is 0 Å². The first-order chi connectivity index (χ1) is 7.52. The lowest BCUT2D eigenvalue weighted by Gasteiger charge is -2.16. The van der Waals surface area contributed by atoms with Crippen molar-refractivity contribution in [3.05, 3.63) is 47.5 Å². The van der Waals surface area contributed by atoms with Gasteiger partial charge in [0, 0.05) is 12.1 Å². The minimum Gasteiger partial charge on any atom is -0.313 e. The first kappa shape index (κ1) is 12.8. The number of halogens is 2. The largest absolute Gasteiger partial charge is 0.313 e. The van der Waals surface area contributed by atoms with Crippen LogP contribution in [-0.2, 0) is 0 Å². The van der Waals surface area contributed by atoms with E-state index < -0.39 is 11.6 Å². The summed E-state index contributed by atoms with van der Waals surface area (Å²) in [6.07, 6.45) is 1.62. The summed E-state index contributed by atoms with van der Waals surface area (Å²) in [5.74, 6) is -1.07. The van der Waals surface area contributed by atoms with Gasteiger partial charge in [0.15, 0.2) is 0 Å². The predicted octanol–water partition coefficient (Wildman–Crippen LogP) is 3.58. The van der Waals surface area contributed by atoms with E-state index in [9.17, 15) is 8.78 Å². The third kappa shape index (κ3) is 3.74. The number of hydrogen-bond donors (Lipinski definition) is 1. The summed E-state index contributed by atoms with van der Waals surface area (Å²) < 4.78 is 26.1. The molecular formula is C13H17F2N. The minimum atomic E-state index is -0.537. The number of rotatable bonds is 5. The fraction of sp³-hybridized carbons (Fsp3) is 0.385. The Kier molecular flexibility index (Phi) is 4.62. The van der Waals surface area contributed by atoms with Crippen molar-refractivity contribution in [1.29, 1.82) is 0 Å². The van der Waals surface area contributed by atoms with Gasteiger partial charge in [-0.2, -0.15) is 0 Å². The lowest BCUT2D eigenvalue weighted by atomic mass is 10.00. The predicted molar refractivity (Wildman–Crippen MR) is 62.2 cm³/mol. The standard InChI is InChI=1S/C13H17F2N/c1-9(2)4-5-13(16-3)10-6-11(14)8-12(15)7-10/h6-8,13,16H,1,4-5H2,2-3H3. The Balaban J connectivity index is 2.81. The second-order valence-electron chi connectivity index (χ2n) is 4.04. The first-order valence-electron chi connectivity index (χ1n) is 5.30. The highest BCUT2D eigenvalue weighted by molar-refractivity contribution is 5.21. The maximum Gasteiger partial charge on any atom is 0.126 e. The average Bonchev–Trinajstić information content (AvgIpc) is 2.16. The molecule has 3 heteroatoms. The Morgan fingerprint density at radius 3 is 2.31 bits per heavy atom. The molecule has 0 aliphatic carbocycles. The Morgan fingerprint density at radius 1 is 1.31 bits per heavy atom. The van der Waals surface area contributed by atoms with Crippen LogP contribution in [0.2, 0.25) is 0 Å². The smallest absolute Gasteiger partial charge is 0.126 e. The molecule has 1 unspecified atom stereocenters. The van der Waals surface area contributed by atoms with E-state index in [1.54, 1.807) is 7.05 Å². The number of hydrogen-bond acceptors (Lipinski definition) is 1. The first-order valence-corrected chi connectivity index (χ1v) is 5.30. The van der Waals surface area contributed by atoms with Crippen molar-refractivity contribution in [2.24, 2.45) is 0 Å². The molecule has 0 aromatic heterocycles. The van der Waals surface area contributed by atoms with Crippen molar-refractivity contribution in [2.45, 2.75) is 25.8 Å². The zero-order valence-corrected chi connectivity index (χ0v) is 9.69. The summed E-state index contributed by atoms with van der Waals surface area (Å²) >= 11 is 0. The molecule has 0 saturated heterocycles. The third-order valence-corrected chi connectivity index (χ3v) is 2.50. The van der Waals surface area contributed by atoms with Crippen molar-refractivity contribution in [3.8, 4) is 0 Å². The molecule has 0 bridgehead atoms. The minimum absolute atomic E-state index is 0.0399. The van der Waals surface area contributed by atoms with Gasteiger partial charge >= 0.3 is 0 Å². The molecule has 1 nitrogen and oxygen atoms in total. The van der Waals surface area contributed by atoms with Gasteiger partial charge < -0.3 is 5.32 Å². The zero-order valence-electron chi connectivity index (χ0n) is 9.69. The van der Waals surface area contributed by atoms with Crippen LogP contribution in [0, 0.1) is 11.6 Å². The van der Waals surface area contributed by atoms with E-state index in [0.717, 1.165) is 24.5 Å². The fourth-order valence-electron chi connectivity index (χ4n) is 1.64. The maximum atomic E-state index is 13.0. The van der Waals surface area contributed by atoms with Crippen LogP contribution < -0.4 is 5.32 Å². The SMILES string of the molecule is C=C(C)CCC(NC)c1cc(F)cc(F)c1. The lowest BCUT2D eigenvalue weighted by Crippen LogP contribution is -2.16. The summed E-state index contributed by atoms with van der Waals surface area (Å²) in [5, 5.41) is 3.05. The monoisotopic (exact) mass is 225 g/mol. The van der Waals surface area contributed by atoms with Crippen LogP contribution in [0.3, 0.4) is 0 Å². The molecule has 0 saturated carbocycles. The Hall–Kier alpha value is -1.22. The fourth-order valence-corrected chi connectivity index (χ4v) is 1.64. The number of nitrogens with one attached hydrogen (secondary N) is 1. The molecule has 1 aromatic carbocycles. The van der Waals surface area contributed by atoms with E-state index in [1.807, 2.05) is 6.92 Å². The van der Waals surface area contributed by atoms with Gasteiger partial charge in [0.05, 0.1) is 0 Å². The molecule has 0 radical (unpaired) electrons. The van der Waals surface area contributed by atoms with Gasteiger partial charge in [0.2, 0.25) is 0 Å². The van der Waals surface area contributed by atoms with Gasteiger partial charge in [-0.05, 0) is 44.5 Å². The molecular weight excluding hydrogens is 208 g/mol. The average molecular weight is 225 g/mol. The summed E-state index contributed by atoms with van der Waals surface area (Å²) in [7, 11) is 1.78. The molecule has 1 aromatic rings. The molecule has 1 rings (SSSR count). The van der Waals surface area contributed by atoms with Crippen LogP contribution >= 0.6 is 0 Å². The summed E-state index contributed by atoms with van der Waals surface area (Å²) in [5.41, 5.74) is 1.71. The van der Waals surface area contributed by atoms with Gasteiger partial charge in [-0.1, -0.05) is 5.57 Å². The van der Waals surface area contributed by atoms with Gasteiger partial charge in [0.25, 0.3) is 0 Å².